The number of benzene rings is 1. The molecule has 0 fully saturated rings. The molecule has 0 atom stereocenters. The summed E-state index contributed by atoms with van der Waals surface area (Å²) < 4.78 is 0. The third kappa shape index (κ3) is 1.83. The van der Waals surface area contributed by atoms with Gasteiger partial charge in [-0.25, -0.2) is 0 Å². The molecule has 0 aromatic heterocycles. The van der Waals surface area contributed by atoms with Crippen molar-refractivity contribution in [2.45, 2.75) is 13.8 Å². The lowest BCUT2D eigenvalue weighted by atomic mass is 9.93. The minimum absolute atomic E-state index is 0.0798. The number of fused-ring (bicyclic) bond motifs is 1. The van der Waals surface area contributed by atoms with Crippen LogP contribution in [0.1, 0.15) is 25.0 Å². The third-order valence-electron chi connectivity index (χ3n) is 2.95. The summed E-state index contributed by atoms with van der Waals surface area (Å²) in [4.78, 5) is 0. The van der Waals surface area contributed by atoms with Crippen LogP contribution in [0.25, 0.3) is 12.2 Å². The standard InChI is InChI=1S/C14H18N2/c1-14(2)8-6-10-11(7-9-14)13(16-3)5-4-12(10)15/h4-9,16H,15H2,1-3H3. The monoisotopic (exact) mass is 214 g/mol. The first kappa shape index (κ1) is 10.8. The Morgan fingerprint density at radius 2 is 1.69 bits per heavy atom. The van der Waals surface area contributed by atoms with Crippen LogP contribution >= 0.6 is 0 Å². The van der Waals surface area contributed by atoms with Crippen molar-refractivity contribution in [3.05, 3.63) is 35.4 Å². The molecule has 0 saturated carbocycles. The molecule has 3 N–H and O–H groups in total. The van der Waals surface area contributed by atoms with E-state index in [1.807, 2.05) is 19.2 Å². The first-order valence-electron chi connectivity index (χ1n) is 5.52. The van der Waals surface area contributed by atoms with Gasteiger partial charge >= 0.3 is 0 Å². The zero-order chi connectivity index (χ0) is 11.8. The molecule has 0 aliphatic heterocycles. The fourth-order valence-corrected chi connectivity index (χ4v) is 1.89. The Bertz CT molecular complexity index is 468. The Kier molecular flexibility index (Phi) is 2.50. The topological polar surface area (TPSA) is 38.0 Å². The first-order chi connectivity index (χ1) is 7.53. The van der Waals surface area contributed by atoms with Crippen LogP contribution in [0.4, 0.5) is 11.4 Å². The van der Waals surface area contributed by atoms with Gasteiger partial charge in [-0.15, -0.1) is 0 Å². The third-order valence-corrected chi connectivity index (χ3v) is 2.95. The van der Waals surface area contributed by atoms with E-state index >= 15 is 0 Å². The van der Waals surface area contributed by atoms with E-state index in [4.69, 9.17) is 5.73 Å². The second-order valence-corrected chi connectivity index (χ2v) is 4.77. The Morgan fingerprint density at radius 3 is 2.31 bits per heavy atom. The summed E-state index contributed by atoms with van der Waals surface area (Å²) in [5.41, 5.74) is 10.3. The van der Waals surface area contributed by atoms with Crippen molar-refractivity contribution in [1.82, 2.24) is 0 Å². The maximum Gasteiger partial charge on any atom is 0.0418 e. The van der Waals surface area contributed by atoms with Gasteiger partial charge in [-0.1, -0.05) is 38.2 Å². The second-order valence-electron chi connectivity index (χ2n) is 4.77. The number of hydrogen-bond donors (Lipinski definition) is 2. The molecule has 1 aromatic carbocycles. The molecular weight excluding hydrogens is 196 g/mol. The van der Waals surface area contributed by atoms with Crippen LogP contribution < -0.4 is 11.1 Å². The fraction of sp³-hybridized carbons (Fsp3) is 0.286. The van der Waals surface area contributed by atoms with Crippen LogP contribution in [-0.2, 0) is 0 Å². The zero-order valence-electron chi connectivity index (χ0n) is 10.0. The number of hydrogen-bond acceptors (Lipinski definition) is 2. The molecule has 0 amide bonds. The lowest BCUT2D eigenvalue weighted by Crippen LogP contribution is -2.00. The minimum atomic E-state index is 0.0798. The molecule has 1 aliphatic carbocycles. The van der Waals surface area contributed by atoms with Crippen molar-refractivity contribution in [3.63, 3.8) is 0 Å². The van der Waals surface area contributed by atoms with E-state index in [0.717, 1.165) is 16.9 Å². The molecule has 2 nitrogen and oxygen atoms in total. The summed E-state index contributed by atoms with van der Waals surface area (Å²) in [6.07, 6.45) is 8.66. The summed E-state index contributed by atoms with van der Waals surface area (Å²) in [7, 11) is 1.93. The minimum Gasteiger partial charge on any atom is -0.398 e. The van der Waals surface area contributed by atoms with Gasteiger partial charge in [0.05, 0.1) is 0 Å². The van der Waals surface area contributed by atoms with Gasteiger partial charge < -0.3 is 11.1 Å². The predicted octanol–water partition coefficient (Wildman–Crippen LogP) is 3.38. The first-order valence-corrected chi connectivity index (χ1v) is 5.52. The van der Waals surface area contributed by atoms with Gasteiger partial charge in [-0.3, -0.25) is 0 Å². The van der Waals surface area contributed by atoms with Crippen LogP contribution in [0.3, 0.4) is 0 Å². The van der Waals surface area contributed by atoms with Crippen molar-refractivity contribution < 1.29 is 0 Å². The largest absolute Gasteiger partial charge is 0.398 e. The van der Waals surface area contributed by atoms with E-state index < -0.39 is 0 Å². The number of anilines is 2. The molecule has 0 spiro atoms. The number of nitrogens with two attached hydrogens (primary N) is 1. The van der Waals surface area contributed by atoms with Gasteiger partial charge in [0, 0.05) is 35.0 Å². The van der Waals surface area contributed by atoms with Crippen molar-refractivity contribution >= 4 is 23.5 Å². The van der Waals surface area contributed by atoms with Crippen molar-refractivity contribution in [3.8, 4) is 0 Å². The lowest BCUT2D eigenvalue weighted by molar-refractivity contribution is 0.633. The van der Waals surface area contributed by atoms with Crippen LogP contribution in [0.15, 0.2) is 24.3 Å². The molecule has 1 aliphatic rings. The highest BCUT2D eigenvalue weighted by atomic mass is 14.8. The van der Waals surface area contributed by atoms with Gasteiger partial charge in [-0.2, -0.15) is 0 Å². The average Bonchev–Trinajstić information content (AvgIpc) is 2.40. The number of nitrogen functional groups attached to an aromatic ring is 1. The second kappa shape index (κ2) is 3.71. The van der Waals surface area contributed by atoms with E-state index in [1.54, 1.807) is 0 Å². The summed E-state index contributed by atoms with van der Waals surface area (Å²) in [5.74, 6) is 0. The van der Waals surface area contributed by atoms with Gasteiger partial charge in [0.15, 0.2) is 0 Å². The van der Waals surface area contributed by atoms with Gasteiger partial charge in [-0.05, 0) is 12.1 Å². The molecule has 1 aromatic rings. The molecule has 16 heavy (non-hydrogen) atoms. The molecule has 84 valence electrons. The van der Waals surface area contributed by atoms with Gasteiger partial charge in [0.2, 0.25) is 0 Å². The highest BCUT2D eigenvalue weighted by Gasteiger charge is 2.15. The molecule has 2 heteroatoms. The van der Waals surface area contributed by atoms with Gasteiger partial charge in [0.25, 0.3) is 0 Å². The number of rotatable bonds is 1. The lowest BCUT2D eigenvalue weighted by Gasteiger charge is -2.12. The Labute approximate surface area is 96.9 Å². The van der Waals surface area contributed by atoms with Crippen LogP contribution in [0.2, 0.25) is 0 Å². The van der Waals surface area contributed by atoms with Crippen LogP contribution in [0, 0.1) is 5.41 Å². The average molecular weight is 214 g/mol. The molecule has 0 heterocycles. The smallest absolute Gasteiger partial charge is 0.0418 e. The SMILES string of the molecule is CNc1ccc(N)c2c1C=CC(C)(C)C=C2. The molecular formula is C14H18N2. The maximum absolute atomic E-state index is 6.01. The maximum atomic E-state index is 6.01. The summed E-state index contributed by atoms with van der Waals surface area (Å²) in [6.45, 7) is 4.36. The zero-order valence-corrected chi connectivity index (χ0v) is 10.0. The highest BCUT2D eigenvalue weighted by Crippen LogP contribution is 2.34. The van der Waals surface area contributed by atoms with E-state index in [1.165, 1.54) is 5.56 Å². The summed E-state index contributed by atoms with van der Waals surface area (Å²) in [6, 6.07) is 3.96. The molecule has 0 saturated heterocycles. The fourth-order valence-electron chi connectivity index (χ4n) is 1.89. The van der Waals surface area contributed by atoms with Crippen molar-refractivity contribution in [2.75, 3.05) is 18.1 Å². The van der Waals surface area contributed by atoms with Crippen molar-refractivity contribution in [1.29, 1.82) is 0 Å². The predicted molar refractivity (Wildman–Crippen MR) is 72.3 cm³/mol. The molecule has 0 bridgehead atoms. The molecule has 0 radical (unpaired) electrons. The normalized spacial score (nSPS) is 16.7. The van der Waals surface area contributed by atoms with E-state index in [2.05, 4.69) is 43.5 Å². The van der Waals surface area contributed by atoms with E-state index in [-0.39, 0.29) is 5.41 Å². The van der Waals surface area contributed by atoms with E-state index in [9.17, 15) is 0 Å². The molecule has 2 rings (SSSR count). The summed E-state index contributed by atoms with van der Waals surface area (Å²) in [5, 5.41) is 3.20. The van der Waals surface area contributed by atoms with Crippen LogP contribution in [0.5, 0.6) is 0 Å². The van der Waals surface area contributed by atoms with Gasteiger partial charge in [0.1, 0.15) is 0 Å². The number of allylic oxidation sites excluding steroid dienone is 2. The Balaban J connectivity index is 2.65. The Hall–Kier alpha value is -1.70. The Morgan fingerprint density at radius 1 is 1.06 bits per heavy atom. The molecule has 0 unspecified atom stereocenters. The van der Waals surface area contributed by atoms with E-state index in [0.29, 0.717) is 0 Å². The summed E-state index contributed by atoms with van der Waals surface area (Å²) >= 11 is 0. The quantitative estimate of drug-likeness (QED) is 0.703. The number of nitrogens with one attached hydrogen (secondary N) is 1. The van der Waals surface area contributed by atoms with Crippen molar-refractivity contribution in [2.24, 2.45) is 5.41 Å². The highest BCUT2D eigenvalue weighted by molar-refractivity contribution is 5.83. The van der Waals surface area contributed by atoms with Crippen LogP contribution in [-0.4, -0.2) is 7.05 Å².